The van der Waals surface area contributed by atoms with Gasteiger partial charge in [-0.3, -0.25) is 4.79 Å². The number of carbonyl (C=O) groups is 1. The van der Waals surface area contributed by atoms with E-state index < -0.39 is 5.92 Å². The van der Waals surface area contributed by atoms with Gasteiger partial charge in [0.05, 0.1) is 6.07 Å². The van der Waals surface area contributed by atoms with Gasteiger partial charge in [0.25, 0.3) is 0 Å². The Hall–Kier alpha value is -1.82. The van der Waals surface area contributed by atoms with Gasteiger partial charge in [-0.25, -0.2) is 0 Å². The molecule has 0 saturated carbocycles. The predicted octanol–water partition coefficient (Wildman–Crippen LogP) is 2.59. The van der Waals surface area contributed by atoms with Crippen molar-refractivity contribution in [3.8, 4) is 6.07 Å². The Bertz CT molecular complexity index is 466. The van der Waals surface area contributed by atoms with Crippen molar-refractivity contribution in [2.45, 2.75) is 39.7 Å². The molecule has 3 heteroatoms. The van der Waals surface area contributed by atoms with Crippen LogP contribution in [0.1, 0.15) is 31.9 Å². The summed E-state index contributed by atoms with van der Waals surface area (Å²) in [7, 11) is 0. The van der Waals surface area contributed by atoms with Crippen molar-refractivity contribution in [1.82, 2.24) is 5.32 Å². The highest BCUT2D eigenvalue weighted by Gasteiger charge is 2.23. The lowest BCUT2D eigenvalue weighted by molar-refractivity contribution is -0.124. The molecule has 1 amide bonds. The van der Waals surface area contributed by atoms with Gasteiger partial charge in [0.2, 0.25) is 5.91 Å². The second-order valence-electron chi connectivity index (χ2n) is 5.55. The first-order valence-corrected chi connectivity index (χ1v) is 6.09. The number of rotatable bonds is 3. The van der Waals surface area contributed by atoms with Crippen LogP contribution in [0.5, 0.6) is 0 Å². The summed E-state index contributed by atoms with van der Waals surface area (Å²) >= 11 is 0. The highest BCUT2D eigenvalue weighted by molar-refractivity contribution is 5.82. The molecule has 1 unspecified atom stereocenters. The summed E-state index contributed by atoms with van der Waals surface area (Å²) in [5, 5.41) is 12.0. The Morgan fingerprint density at radius 1 is 1.39 bits per heavy atom. The van der Waals surface area contributed by atoms with E-state index in [1.165, 1.54) is 0 Å². The topological polar surface area (TPSA) is 52.9 Å². The first kappa shape index (κ1) is 14.2. The summed E-state index contributed by atoms with van der Waals surface area (Å²) in [5.74, 6) is -0.835. The molecular weight excluding hydrogens is 224 g/mol. The number of nitriles is 1. The molecule has 1 atom stereocenters. The lowest BCUT2D eigenvalue weighted by atomic mass is 9.95. The minimum atomic E-state index is -0.634. The number of nitrogens with zero attached hydrogens (tertiary/aromatic N) is 1. The Morgan fingerprint density at radius 3 is 2.50 bits per heavy atom. The maximum absolute atomic E-state index is 12.0. The smallest absolute Gasteiger partial charge is 0.238 e. The van der Waals surface area contributed by atoms with Crippen molar-refractivity contribution < 1.29 is 4.79 Å². The summed E-state index contributed by atoms with van der Waals surface area (Å²) in [5.41, 5.74) is 1.85. The van der Waals surface area contributed by atoms with E-state index in [4.69, 9.17) is 5.26 Å². The molecule has 1 rings (SSSR count). The van der Waals surface area contributed by atoms with E-state index in [-0.39, 0.29) is 11.4 Å². The van der Waals surface area contributed by atoms with Gasteiger partial charge in [-0.05, 0) is 45.2 Å². The number of hydrogen-bond acceptors (Lipinski definition) is 2. The van der Waals surface area contributed by atoms with Gasteiger partial charge in [0, 0.05) is 5.54 Å². The van der Waals surface area contributed by atoms with Crippen molar-refractivity contribution in [1.29, 1.82) is 5.26 Å². The van der Waals surface area contributed by atoms with E-state index in [0.29, 0.717) is 6.42 Å². The average molecular weight is 244 g/mol. The Labute approximate surface area is 109 Å². The second-order valence-corrected chi connectivity index (χ2v) is 5.55. The molecule has 3 nitrogen and oxygen atoms in total. The second kappa shape index (κ2) is 5.68. The lowest BCUT2D eigenvalue weighted by Crippen LogP contribution is -2.44. The molecule has 0 aliphatic carbocycles. The van der Waals surface area contributed by atoms with Crippen molar-refractivity contribution >= 4 is 5.91 Å². The van der Waals surface area contributed by atoms with E-state index >= 15 is 0 Å². The Balaban J connectivity index is 2.78. The molecule has 0 radical (unpaired) electrons. The highest BCUT2D eigenvalue weighted by Crippen LogP contribution is 2.14. The molecular formula is C15H20N2O. The number of aryl methyl sites for hydroxylation is 1. The normalized spacial score (nSPS) is 12.6. The van der Waals surface area contributed by atoms with Crippen LogP contribution in [0.2, 0.25) is 0 Å². The van der Waals surface area contributed by atoms with E-state index in [1.807, 2.05) is 52.0 Å². The van der Waals surface area contributed by atoms with Crippen LogP contribution in [-0.2, 0) is 11.2 Å². The zero-order valence-corrected chi connectivity index (χ0v) is 11.4. The minimum Gasteiger partial charge on any atom is -0.350 e. The number of carbonyl (C=O) groups excluding carboxylic acids is 1. The molecule has 1 N–H and O–H groups in total. The fourth-order valence-electron chi connectivity index (χ4n) is 1.71. The average Bonchev–Trinajstić information content (AvgIpc) is 2.25. The first-order chi connectivity index (χ1) is 8.33. The molecule has 0 aromatic heterocycles. The quantitative estimate of drug-likeness (QED) is 0.888. The fraction of sp³-hybridized carbons (Fsp3) is 0.467. The fourth-order valence-corrected chi connectivity index (χ4v) is 1.71. The first-order valence-electron chi connectivity index (χ1n) is 6.09. The van der Waals surface area contributed by atoms with Gasteiger partial charge in [0.15, 0.2) is 0 Å². The van der Waals surface area contributed by atoms with Gasteiger partial charge in [-0.15, -0.1) is 0 Å². The van der Waals surface area contributed by atoms with E-state index in [2.05, 4.69) is 11.4 Å². The van der Waals surface area contributed by atoms with E-state index in [9.17, 15) is 4.79 Å². The van der Waals surface area contributed by atoms with Crippen molar-refractivity contribution in [2.24, 2.45) is 5.92 Å². The summed E-state index contributed by atoms with van der Waals surface area (Å²) < 4.78 is 0. The molecule has 0 saturated heterocycles. The van der Waals surface area contributed by atoms with Crippen molar-refractivity contribution in [3.05, 3.63) is 35.4 Å². The number of amides is 1. The third-order valence-corrected chi connectivity index (χ3v) is 2.66. The summed E-state index contributed by atoms with van der Waals surface area (Å²) in [6.45, 7) is 7.72. The summed E-state index contributed by atoms with van der Waals surface area (Å²) in [6, 6.07) is 9.92. The van der Waals surface area contributed by atoms with Crippen LogP contribution in [0.4, 0.5) is 0 Å². The van der Waals surface area contributed by atoms with Gasteiger partial charge in [0.1, 0.15) is 5.92 Å². The number of benzene rings is 1. The molecule has 0 aliphatic rings. The predicted molar refractivity (Wildman–Crippen MR) is 71.9 cm³/mol. The monoisotopic (exact) mass is 244 g/mol. The van der Waals surface area contributed by atoms with E-state index in [0.717, 1.165) is 11.1 Å². The third kappa shape index (κ3) is 4.21. The van der Waals surface area contributed by atoms with Crippen LogP contribution in [-0.4, -0.2) is 11.4 Å². The van der Waals surface area contributed by atoms with Crippen LogP contribution in [0, 0.1) is 24.2 Å². The van der Waals surface area contributed by atoms with Crippen LogP contribution in [0.3, 0.4) is 0 Å². The SMILES string of the molecule is Cc1ccccc1CC(C#N)C(=O)NC(C)(C)C. The number of hydrogen-bond donors (Lipinski definition) is 1. The van der Waals surface area contributed by atoms with Crippen LogP contribution < -0.4 is 5.32 Å². The zero-order chi connectivity index (χ0) is 13.8. The van der Waals surface area contributed by atoms with Crippen molar-refractivity contribution in [3.63, 3.8) is 0 Å². The molecule has 18 heavy (non-hydrogen) atoms. The Morgan fingerprint density at radius 2 is 2.00 bits per heavy atom. The molecule has 0 heterocycles. The molecule has 1 aromatic carbocycles. The van der Waals surface area contributed by atoms with Gasteiger partial charge in [-0.1, -0.05) is 24.3 Å². The molecule has 96 valence electrons. The van der Waals surface area contributed by atoms with Crippen LogP contribution in [0.25, 0.3) is 0 Å². The third-order valence-electron chi connectivity index (χ3n) is 2.66. The number of nitrogens with one attached hydrogen (secondary N) is 1. The summed E-state index contributed by atoms with van der Waals surface area (Å²) in [4.78, 5) is 12.0. The minimum absolute atomic E-state index is 0.201. The highest BCUT2D eigenvalue weighted by atomic mass is 16.2. The molecule has 0 fully saturated rings. The van der Waals surface area contributed by atoms with Crippen LogP contribution >= 0.6 is 0 Å². The molecule has 0 spiro atoms. The van der Waals surface area contributed by atoms with E-state index in [1.54, 1.807) is 0 Å². The Kier molecular flexibility index (Phi) is 4.49. The zero-order valence-electron chi connectivity index (χ0n) is 11.4. The summed E-state index contributed by atoms with van der Waals surface area (Å²) in [6.07, 6.45) is 0.463. The van der Waals surface area contributed by atoms with Crippen LogP contribution in [0.15, 0.2) is 24.3 Å². The van der Waals surface area contributed by atoms with Gasteiger partial charge in [-0.2, -0.15) is 5.26 Å². The van der Waals surface area contributed by atoms with Gasteiger partial charge < -0.3 is 5.32 Å². The largest absolute Gasteiger partial charge is 0.350 e. The van der Waals surface area contributed by atoms with Crippen molar-refractivity contribution in [2.75, 3.05) is 0 Å². The maximum atomic E-state index is 12.0. The molecule has 1 aromatic rings. The lowest BCUT2D eigenvalue weighted by Gasteiger charge is -2.22. The standard InChI is InChI=1S/C15H20N2O/c1-11-7-5-6-8-12(11)9-13(10-16)14(18)17-15(2,3)4/h5-8,13H,9H2,1-4H3,(H,17,18). The molecule has 0 aliphatic heterocycles. The molecule has 0 bridgehead atoms. The maximum Gasteiger partial charge on any atom is 0.238 e. The van der Waals surface area contributed by atoms with Gasteiger partial charge >= 0.3 is 0 Å².